The van der Waals surface area contributed by atoms with Crippen LogP contribution in [0.5, 0.6) is 0 Å². The molecule has 3 nitrogen and oxygen atoms in total. The second-order valence-corrected chi connectivity index (χ2v) is 6.90. The highest BCUT2D eigenvalue weighted by Gasteiger charge is 2.14. The van der Waals surface area contributed by atoms with E-state index in [1.807, 2.05) is 18.2 Å². The molecule has 0 radical (unpaired) electrons. The predicted octanol–water partition coefficient (Wildman–Crippen LogP) is 7.07. The molecule has 0 fully saturated rings. The first-order chi connectivity index (χ1) is 12.8. The van der Waals surface area contributed by atoms with E-state index in [0.717, 1.165) is 37.2 Å². The van der Waals surface area contributed by atoms with Gasteiger partial charge < -0.3 is 5.73 Å². The van der Waals surface area contributed by atoms with Gasteiger partial charge in [-0.3, -0.25) is 0 Å². The Morgan fingerprint density at radius 2 is 1.58 bits per heavy atom. The Labute approximate surface area is 158 Å². The van der Waals surface area contributed by atoms with Gasteiger partial charge in [-0.25, -0.2) is 0 Å². The summed E-state index contributed by atoms with van der Waals surface area (Å²) >= 11 is 0. The first kappa shape index (κ1) is 20.3. The lowest BCUT2D eigenvalue weighted by molar-refractivity contribution is 0.522. The summed E-state index contributed by atoms with van der Waals surface area (Å²) in [7, 11) is 0. The third-order valence-corrected chi connectivity index (χ3v) is 4.91. The van der Waals surface area contributed by atoms with Crippen LogP contribution < -0.4 is 5.73 Å². The van der Waals surface area contributed by atoms with Gasteiger partial charge in [0.05, 0.1) is 11.4 Å². The average Bonchev–Trinajstić information content (AvgIpc) is 2.70. The SMILES string of the molecule is CCCCCC(CCCN)c1ccccc1N=Nc1ccc(CC)cc1. The fourth-order valence-electron chi connectivity index (χ4n) is 3.29. The van der Waals surface area contributed by atoms with Crippen molar-refractivity contribution >= 4 is 11.4 Å². The highest BCUT2D eigenvalue weighted by molar-refractivity contribution is 5.48. The fraction of sp³-hybridized carbons (Fsp3) is 0.478. The monoisotopic (exact) mass is 351 g/mol. The number of nitrogens with two attached hydrogens (primary N) is 1. The van der Waals surface area contributed by atoms with Crippen LogP contribution in [0.25, 0.3) is 0 Å². The maximum Gasteiger partial charge on any atom is 0.0891 e. The van der Waals surface area contributed by atoms with Crippen molar-refractivity contribution in [2.75, 3.05) is 6.54 Å². The zero-order valence-electron chi connectivity index (χ0n) is 16.3. The maximum atomic E-state index is 5.76. The van der Waals surface area contributed by atoms with Gasteiger partial charge in [-0.1, -0.05) is 63.4 Å². The van der Waals surface area contributed by atoms with E-state index in [4.69, 9.17) is 5.73 Å². The van der Waals surface area contributed by atoms with Crippen LogP contribution in [0.4, 0.5) is 11.4 Å². The van der Waals surface area contributed by atoms with Crippen molar-refractivity contribution < 1.29 is 0 Å². The summed E-state index contributed by atoms with van der Waals surface area (Å²) < 4.78 is 0. The molecule has 0 spiro atoms. The molecule has 0 saturated carbocycles. The number of azo groups is 1. The first-order valence-electron chi connectivity index (χ1n) is 10.1. The molecule has 0 bridgehead atoms. The van der Waals surface area contributed by atoms with E-state index in [2.05, 4.69) is 54.4 Å². The van der Waals surface area contributed by atoms with Gasteiger partial charge in [0.2, 0.25) is 0 Å². The summed E-state index contributed by atoms with van der Waals surface area (Å²) in [6.45, 7) is 5.16. The second kappa shape index (κ2) is 11.6. The molecule has 0 heterocycles. The third kappa shape index (κ3) is 6.38. The third-order valence-electron chi connectivity index (χ3n) is 4.91. The van der Waals surface area contributed by atoms with Crippen molar-refractivity contribution in [1.82, 2.24) is 0 Å². The lowest BCUT2D eigenvalue weighted by atomic mass is 9.88. The molecule has 140 valence electrons. The molecule has 3 heteroatoms. The normalized spacial score (nSPS) is 12.6. The molecule has 2 rings (SSSR count). The van der Waals surface area contributed by atoms with E-state index < -0.39 is 0 Å². The van der Waals surface area contributed by atoms with Crippen molar-refractivity contribution in [1.29, 1.82) is 0 Å². The van der Waals surface area contributed by atoms with Crippen molar-refractivity contribution in [3.8, 4) is 0 Å². The minimum atomic E-state index is 0.516. The van der Waals surface area contributed by atoms with Gasteiger partial charge >= 0.3 is 0 Å². The van der Waals surface area contributed by atoms with E-state index >= 15 is 0 Å². The van der Waals surface area contributed by atoms with Crippen LogP contribution >= 0.6 is 0 Å². The van der Waals surface area contributed by atoms with Crippen molar-refractivity contribution in [2.24, 2.45) is 16.0 Å². The van der Waals surface area contributed by atoms with Crippen LogP contribution in [0.1, 0.15) is 69.4 Å². The van der Waals surface area contributed by atoms with E-state index in [-0.39, 0.29) is 0 Å². The summed E-state index contributed by atoms with van der Waals surface area (Å²) in [4.78, 5) is 0. The number of nitrogens with zero attached hydrogens (tertiary/aromatic N) is 2. The van der Waals surface area contributed by atoms with Crippen LogP contribution in [-0.4, -0.2) is 6.54 Å². The van der Waals surface area contributed by atoms with Gasteiger partial charge in [0.1, 0.15) is 0 Å². The second-order valence-electron chi connectivity index (χ2n) is 6.90. The van der Waals surface area contributed by atoms with Crippen LogP contribution in [-0.2, 0) is 6.42 Å². The minimum absolute atomic E-state index is 0.516. The summed E-state index contributed by atoms with van der Waals surface area (Å²) in [5.41, 5.74) is 10.3. The number of hydrogen-bond donors (Lipinski definition) is 1. The fourth-order valence-corrected chi connectivity index (χ4v) is 3.29. The quantitative estimate of drug-likeness (QED) is 0.341. The Bertz CT molecular complexity index is 661. The predicted molar refractivity (Wildman–Crippen MR) is 112 cm³/mol. The summed E-state index contributed by atoms with van der Waals surface area (Å²) in [5, 5.41) is 9.05. The molecule has 0 aliphatic heterocycles. The molecule has 2 aromatic rings. The molecule has 1 unspecified atom stereocenters. The van der Waals surface area contributed by atoms with Gasteiger partial charge in [0.15, 0.2) is 0 Å². The van der Waals surface area contributed by atoms with E-state index in [1.54, 1.807) is 0 Å². The number of rotatable bonds is 11. The molecule has 0 amide bonds. The van der Waals surface area contributed by atoms with Gasteiger partial charge in [0.25, 0.3) is 0 Å². The smallest absolute Gasteiger partial charge is 0.0891 e. The highest BCUT2D eigenvalue weighted by atomic mass is 15.1. The standard InChI is InChI=1S/C23H33N3/c1-3-5-6-10-20(11-9-18-24)22-12-7-8-13-23(22)26-25-21-16-14-19(4-2)15-17-21/h7-8,12-17,20H,3-6,9-11,18,24H2,1-2H3. The Morgan fingerprint density at radius 3 is 2.27 bits per heavy atom. The number of unbranched alkanes of at least 4 members (excludes halogenated alkanes) is 2. The van der Waals surface area contributed by atoms with Crippen molar-refractivity contribution in [3.63, 3.8) is 0 Å². The molecular weight excluding hydrogens is 318 g/mol. The Kier molecular flexibility index (Phi) is 9.05. The van der Waals surface area contributed by atoms with Gasteiger partial charge in [0, 0.05) is 0 Å². The summed E-state index contributed by atoms with van der Waals surface area (Å²) in [6, 6.07) is 16.8. The molecule has 2 aromatic carbocycles. The number of hydrogen-bond acceptors (Lipinski definition) is 3. The Hall–Kier alpha value is -2.00. The Balaban J connectivity index is 2.18. The Morgan fingerprint density at radius 1 is 0.846 bits per heavy atom. The van der Waals surface area contributed by atoms with Crippen molar-refractivity contribution in [2.45, 2.75) is 64.7 Å². The van der Waals surface area contributed by atoms with Crippen LogP contribution in [0.2, 0.25) is 0 Å². The summed E-state index contributed by atoms with van der Waals surface area (Å²) in [6.07, 6.45) is 8.21. The zero-order chi connectivity index (χ0) is 18.6. The van der Waals surface area contributed by atoms with E-state index in [9.17, 15) is 0 Å². The minimum Gasteiger partial charge on any atom is -0.330 e. The van der Waals surface area contributed by atoms with Crippen LogP contribution in [0.15, 0.2) is 58.8 Å². The highest BCUT2D eigenvalue weighted by Crippen LogP contribution is 2.34. The topological polar surface area (TPSA) is 50.7 Å². The largest absolute Gasteiger partial charge is 0.330 e. The molecule has 2 N–H and O–H groups in total. The molecule has 26 heavy (non-hydrogen) atoms. The van der Waals surface area contributed by atoms with Gasteiger partial charge in [-0.05, 0) is 67.5 Å². The van der Waals surface area contributed by atoms with Gasteiger partial charge in [-0.2, -0.15) is 10.2 Å². The lowest BCUT2D eigenvalue weighted by Gasteiger charge is -2.18. The molecule has 0 aliphatic rings. The molecule has 0 aliphatic carbocycles. The summed E-state index contributed by atoms with van der Waals surface area (Å²) in [5.74, 6) is 0.516. The maximum absolute atomic E-state index is 5.76. The molecule has 0 aromatic heterocycles. The van der Waals surface area contributed by atoms with Crippen LogP contribution in [0, 0.1) is 0 Å². The van der Waals surface area contributed by atoms with Crippen LogP contribution in [0.3, 0.4) is 0 Å². The first-order valence-corrected chi connectivity index (χ1v) is 10.1. The van der Waals surface area contributed by atoms with Crippen molar-refractivity contribution in [3.05, 3.63) is 59.7 Å². The average molecular weight is 352 g/mol. The molecule has 0 saturated heterocycles. The lowest BCUT2D eigenvalue weighted by Crippen LogP contribution is -2.05. The number of aryl methyl sites for hydroxylation is 1. The molecule has 1 atom stereocenters. The van der Waals surface area contributed by atoms with Gasteiger partial charge in [-0.15, -0.1) is 0 Å². The number of benzene rings is 2. The van der Waals surface area contributed by atoms with E-state index in [0.29, 0.717) is 5.92 Å². The van der Waals surface area contributed by atoms with E-state index in [1.165, 1.54) is 36.8 Å². The molecular formula is C23H33N3. The zero-order valence-corrected chi connectivity index (χ0v) is 16.3.